The molecule has 0 aliphatic rings. The summed E-state index contributed by atoms with van der Waals surface area (Å²) in [5, 5.41) is 4.68. The van der Waals surface area contributed by atoms with E-state index in [4.69, 9.17) is 19.4 Å². The van der Waals surface area contributed by atoms with Crippen LogP contribution in [0.25, 0.3) is 106 Å². The van der Waals surface area contributed by atoms with Gasteiger partial charge in [-0.25, -0.2) is 15.0 Å². The molecule has 8 aromatic carbocycles. The topological polar surface area (TPSA) is 56.7 Å². The van der Waals surface area contributed by atoms with Crippen LogP contribution in [0.5, 0.6) is 0 Å². The second-order valence-electron chi connectivity index (χ2n) is 14.0. The molecule has 0 unspecified atom stereocenters. The van der Waals surface area contributed by atoms with Crippen molar-refractivity contribution in [2.45, 2.75) is 0 Å². The van der Waals surface area contributed by atoms with Crippen LogP contribution in [0.3, 0.4) is 0 Å². The first-order valence-corrected chi connectivity index (χ1v) is 18.8. The largest absolute Gasteiger partial charge is 0.456 e. The zero-order valence-electron chi connectivity index (χ0n) is 30.2. The molecule has 56 heavy (non-hydrogen) atoms. The number of benzene rings is 8. The van der Waals surface area contributed by atoms with Crippen LogP contribution < -0.4 is 0 Å². The Morgan fingerprint density at radius 2 is 0.857 bits per heavy atom. The van der Waals surface area contributed by atoms with Crippen molar-refractivity contribution < 1.29 is 4.42 Å². The summed E-state index contributed by atoms with van der Waals surface area (Å²) in [6.07, 6.45) is 0. The molecule has 0 saturated heterocycles. The number of nitrogens with zero attached hydrogens (tertiary/aromatic N) is 4. The summed E-state index contributed by atoms with van der Waals surface area (Å²) in [6.45, 7) is 0. The average Bonchev–Trinajstić information content (AvgIpc) is 3.82. The molecule has 262 valence electrons. The molecule has 5 heteroatoms. The van der Waals surface area contributed by atoms with E-state index in [1.165, 1.54) is 10.8 Å². The Morgan fingerprint density at radius 3 is 1.59 bits per heavy atom. The van der Waals surface area contributed by atoms with Crippen molar-refractivity contribution in [1.82, 2.24) is 19.5 Å². The minimum Gasteiger partial charge on any atom is -0.456 e. The van der Waals surface area contributed by atoms with E-state index in [0.29, 0.717) is 17.5 Å². The SMILES string of the molecule is c1ccc(-c2nc(-c3ccccc3)nc(-c3ccc(-c4ccccc4-n4c5ccccc5c5ccc(-c6cccc7oc8ccccc8c67)cc54)cc3)n2)cc1. The molecule has 0 N–H and O–H groups in total. The molecule has 11 aromatic rings. The Balaban J connectivity index is 1.05. The van der Waals surface area contributed by atoms with Gasteiger partial charge in [-0.2, -0.15) is 0 Å². The van der Waals surface area contributed by atoms with Crippen LogP contribution in [-0.2, 0) is 0 Å². The second kappa shape index (κ2) is 13.0. The van der Waals surface area contributed by atoms with E-state index < -0.39 is 0 Å². The summed E-state index contributed by atoms with van der Waals surface area (Å²) >= 11 is 0. The van der Waals surface area contributed by atoms with E-state index in [1.54, 1.807) is 0 Å². The molecule has 3 heterocycles. The monoisotopic (exact) mass is 716 g/mol. The molecule has 0 atom stereocenters. The average molecular weight is 717 g/mol. The molecule has 0 saturated carbocycles. The zero-order chi connectivity index (χ0) is 37.0. The second-order valence-corrected chi connectivity index (χ2v) is 14.0. The Morgan fingerprint density at radius 1 is 0.339 bits per heavy atom. The lowest BCUT2D eigenvalue weighted by Gasteiger charge is -2.15. The normalized spacial score (nSPS) is 11.6. The lowest BCUT2D eigenvalue weighted by molar-refractivity contribution is 0.669. The Kier molecular flexibility index (Phi) is 7.42. The molecule has 0 fully saturated rings. The minimum atomic E-state index is 0.632. The van der Waals surface area contributed by atoms with Gasteiger partial charge in [0.25, 0.3) is 0 Å². The number of aromatic nitrogens is 4. The van der Waals surface area contributed by atoms with Gasteiger partial charge < -0.3 is 8.98 Å². The smallest absolute Gasteiger partial charge is 0.164 e. The van der Waals surface area contributed by atoms with E-state index in [2.05, 4.69) is 126 Å². The van der Waals surface area contributed by atoms with Gasteiger partial charge in [0.1, 0.15) is 11.2 Å². The maximum atomic E-state index is 6.28. The first-order chi connectivity index (χ1) is 27.8. The standard InChI is InChI=1S/C51H32N4O/c1-3-14-34(15-4-1)49-52-50(35-16-5-2-6-17-35)54-51(53-49)36-28-26-33(27-29-36)38-18-7-10-22-43(38)55-44-23-11-8-19-40(44)41-31-30-37(32-45(41)55)39-21-13-25-47-48(39)42-20-9-12-24-46(42)56-47/h1-32H. The Hall–Kier alpha value is -7.63. The first-order valence-electron chi connectivity index (χ1n) is 18.8. The fourth-order valence-corrected chi connectivity index (χ4v) is 8.06. The molecule has 3 aromatic heterocycles. The van der Waals surface area contributed by atoms with Crippen molar-refractivity contribution in [1.29, 1.82) is 0 Å². The summed E-state index contributed by atoms with van der Waals surface area (Å²) in [7, 11) is 0. The van der Waals surface area contributed by atoms with E-state index in [0.717, 1.165) is 77.6 Å². The van der Waals surface area contributed by atoms with Crippen LogP contribution in [-0.4, -0.2) is 19.5 Å². The van der Waals surface area contributed by atoms with Gasteiger partial charge in [0, 0.05) is 43.8 Å². The lowest BCUT2D eigenvalue weighted by Crippen LogP contribution is -2.00. The third-order valence-corrected chi connectivity index (χ3v) is 10.7. The van der Waals surface area contributed by atoms with Crippen molar-refractivity contribution in [2.24, 2.45) is 0 Å². The van der Waals surface area contributed by atoms with Crippen LogP contribution in [0.15, 0.2) is 199 Å². The van der Waals surface area contributed by atoms with E-state index in [1.807, 2.05) is 72.8 Å². The van der Waals surface area contributed by atoms with Crippen LogP contribution in [0.4, 0.5) is 0 Å². The highest BCUT2D eigenvalue weighted by Gasteiger charge is 2.19. The van der Waals surface area contributed by atoms with Crippen molar-refractivity contribution in [3.63, 3.8) is 0 Å². The zero-order valence-corrected chi connectivity index (χ0v) is 30.2. The first kappa shape index (κ1) is 31.9. The third kappa shape index (κ3) is 5.29. The molecule has 0 radical (unpaired) electrons. The van der Waals surface area contributed by atoms with Gasteiger partial charge >= 0.3 is 0 Å². The van der Waals surface area contributed by atoms with Crippen molar-refractivity contribution >= 4 is 43.7 Å². The summed E-state index contributed by atoms with van der Waals surface area (Å²) in [5.41, 5.74) is 12.5. The quantitative estimate of drug-likeness (QED) is 0.172. The van der Waals surface area contributed by atoms with Crippen LogP contribution >= 0.6 is 0 Å². The fraction of sp³-hybridized carbons (Fsp3) is 0. The molecule has 11 rings (SSSR count). The molecule has 0 amide bonds. The number of hydrogen-bond donors (Lipinski definition) is 0. The Bertz CT molecular complexity index is 3180. The van der Waals surface area contributed by atoms with Gasteiger partial charge in [-0.1, -0.05) is 164 Å². The fourth-order valence-electron chi connectivity index (χ4n) is 8.06. The van der Waals surface area contributed by atoms with Gasteiger partial charge in [0.15, 0.2) is 17.5 Å². The molecule has 0 aliphatic heterocycles. The van der Waals surface area contributed by atoms with E-state index in [9.17, 15) is 0 Å². The molecule has 0 aliphatic carbocycles. The predicted molar refractivity (Wildman–Crippen MR) is 229 cm³/mol. The van der Waals surface area contributed by atoms with Gasteiger partial charge in [0.05, 0.1) is 16.7 Å². The van der Waals surface area contributed by atoms with Crippen LogP contribution in [0.1, 0.15) is 0 Å². The van der Waals surface area contributed by atoms with Gasteiger partial charge in [0.2, 0.25) is 0 Å². The molecule has 0 bridgehead atoms. The Labute approximate surface area is 322 Å². The predicted octanol–water partition coefficient (Wildman–Crippen LogP) is 13.2. The summed E-state index contributed by atoms with van der Waals surface area (Å²) in [5.74, 6) is 1.92. The molecule has 5 nitrogen and oxygen atoms in total. The summed E-state index contributed by atoms with van der Waals surface area (Å²) < 4.78 is 8.69. The van der Waals surface area contributed by atoms with Crippen LogP contribution in [0.2, 0.25) is 0 Å². The third-order valence-electron chi connectivity index (χ3n) is 10.7. The van der Waals surface area contributed by atoms with E-state index in [-0.39, 0.29) is 0 Å². The number of hydrogen-bond acceptors (Lipinski definition) is 4. The molecule has 0 spiro atoms. The van der Waals surface area contributed by atoms with Gasteiger partial charge in [-0.05, 0) is 47.0 Å². The van der Waals surface area contributed by atoms with Crippen molar-refractivity contribution in [2.75, 3.05) is 0 Å². The number of para-hydroxylation sites is 3. The van der Waals surface area contributed by atoms with Crippen molar-refractivity contribution in [3.8, 4) is 62.1 Å². The van der Waals surface area contributed by atoms with Crippen LogP contribution in [0, 0.1) is 0 Å². The summed E-state index contributed by atoms with van der Waals surface area (Å²) in [6, 6.07) is 67.6. The number of rotatable bonds is 6. The summed E-state index contributed by atoms with van der Waals surface area (Å²) in [4.78, 5) is 14.8. The maximum absolute atomic E-state index is 6.28. The minimum absolute atomic E-state index is 0.632. The highest BCUT2D eigenvalue weighted by molar-refractivity contribution is 6.15. The highest BCUT2D eigenvalue weighted by Crippen LogP contribution is 2.41. The van der Waals surface area contributed by atoms with Gasteiger partial charge in [-0.15, -0.1) is 0 Å². The molecular formula is C51H32N4O. The maximum Gasteiger partial charge on any atom is 0.164 e. The molecular weight excluding hydrogens is 685 g/mol. The number of fused-ring (bicyclic) bond motifs is 6. The van der Waals surface area contributed by atoms with Crippen molar-refractivity contribution in [3.05, 3.63) is 194 Å². The van der Waals surface area contributed by atoms with Gasteiger partial charge in [-0.3, -0.25) is 0 Å². The highest BCUT2D eigenvalue weighted by atomic mass is 16.3. The number of furan rings is 1. The van der Waals surface area contributed by atoms with E-state index >= 15 is 0 Å². The lowest BCUT2D eigenvalue weighted by atomic mass is 9.98.